The first-order valence-corrected chi connectivity index (χ1v) is 14.9. The minimum atomic E-state index is -0.356. The number of halogens is 1. The second-order valence-electron chi connectivity index (χ2n) is 9.49. The summed E-state index contributed by atoms with van der Waals surface area (Å²) in [4.78, 5) is 29.3. The molecule has 6 rings (SSSR count). The first-order chi connectivity index (χ1) is 20.3. The predicted molar refractivity (Wildman–Crippen MR) is 175 cm³/mol. The van der Waals surface area contributed by atoms with Crippen molar-refractivity contribution in [2.75, 3.05) is 12.0 Å². The first kappa shape index (κ1) is 28.0. The second-order valence-corrected chi connectivity index (χ2v) is 12.0. The minimum absolute atomic E-state index is 0.242. The summed E-state index contributed by atoms with van der Waals surface area (Å²) < 4.78 is 11.5. The molecule has 1 saturated heterocycles. The molecule has 42 heavy (non-hydrogen) atoms. The van der Waals surface area contributed by atoms with Crippen molar-refractivity contribution in [2.45, 2.75) is 6.92 Å². The van der Waals surface area contributed by atoms with E-state index in [0.717, 1.165) is 33.0 Å². The molecule has 8 nitrogen and oxygen atoms in total. The molecule has 3 aromatic carbocycles. The lowest BCUT2D eigenvalue weighted by Crippen LogP contribution is -2.33. The van der Waals surface area contributed by atoms with E-state index < -0.39 is 0 Å². The Morgan fingerprint density at radius 3 is 2.29 bits per heavy atom. The van der Waals surface area contributed by atoms with Gasteiger partial charge in [-0.05, 0) is 71.4 Å². The molecule has 0 N–H and O–H groups in total. The predicted octanol–water partition coefficient (Wildman–Crippen LogP) is 6.51. The van der Waals surface area contributed by atoms with E-state index in [9.17, 15) is 9.59 Å². The van der Waals surface area contributed by atoms with Crippen molar-refractivity contribution in [3.8, 4) is 28.4 Å². The zero-order valence-corrected chi connectivity index (χ0v) is 26.0. The van der Waals surface area contributed by atoms with E-state index >= 15 is 0 Å². The van der Waals surface area contributed by atoms with Gasteiger partial charge in [-0.3, -0.25) is 19.2 Å². The molecule has 0 aliphatic carbocycles. The number of hydrogen-bond donors (Lipinski definition) is 0. The van der Waals surface area contributed by atoms with Gasteiger partial charge in [-0.15, -0.1) is 0 Å². The molecule has 0 radical (unpaired) electrons. The maximum absolute atomic E-state index is 13.9. The van der Waals surface area contributed by atoms with Crippen molar-refractivity contribution in [3.63, 3.8) is 0 Å². The van der Waals surface area contributed by atoms with Crippen LogP contribution in [-0.2, 0) is 11.8 Å². The highest BCUT2D eigenvalue weighted by atomic mass is 79.9. The zero-order chi connectivity index (χ0) is 29.5. The van der Waals surface area contributed by atoms with Gasteiger partial charge in [0.1, 0.15) is 17.1 Å². The van der Waals surface area contributed by atoms with E-state index in [1.165, 1.54) is 9.58 Å². The molecule has 1 aliphatic heterocycles. The van der Waals surface area contributed by atoms with Crippen LogP contribution >= 0.6 is 39.9 Å². The molecule has 11 heteroatoms. The van der Waals surface area contributed by atoms with Gasteiger partial charge in [0.15, 0.2) is 4.32 Å². The number of ether oxygens (including phenoxy) is 1. The Kier molecular flexibility index (Phi) is 7.48. The van der Waals surface area contributed by atoms with Gasteiger partial charge in [0.25, 0.3) is 11.5 Å². The Morgan fingerprint density at radius 1 is 0.976 bits per heavy atom. The Hall–Kier alpha value is -4.19. The SMILES string of the molecule is COc1ccc(-c2nn(-c3ccccc3)cc2C=C2SC(=S)N(c3c(C)n(C)n(-c4ccccc4)c3=O)C2=O)cc1Br. The fourth-order valence-corrected chi connectivity index (χ4v) is 6.66. The summed E-state index contributed by atoms with van der Waals surface area (Å²) >= 11 is 10.4. The number of carbonyl (C=O) groups excluding carboxylic acids is 1. The highest BCUT2D eigenvalue weighted by molar-refractivity contribution is 9.10. The maximum atomic E-state index is 13.9. The average Bonchev–Trinajstić information content (AvgIpc) is 3.61. The number of thioether (sulfide) groups is 1. The third kappa shape index (κ3) is 4.83. The van der Waals surface area contributed by atoms with E-state index in [-0.39, 0.29) is 17.2 Å². The summed E-state index contributed by atoms with van der Waals surface area (Å²) in [5.41, 5.74) is 4.36. The summed E-state index contributed by atoms with van der Waals surface area (Å²) in [5, 5.41) is 4.87. The monoisotopic (exact) mass is 657 g/mol. The standard InChI is InChI=1S/C31H24BrN5O3S2/c1-19-28(30(39)37(34(19)2)23-12-8-5-9-13-23)36-29(38)26(42-31(36)41)17-21-18-35(22-10-6-4-7-11-22)33-27(21)20-14-15-25(40-3)24(32)16-20/h4-18H,1-3H3. The van der Waals surface area contributed by atoms with Crippen molar-refractivity contribution < 1.29 is 9.53 Å². The number of anilines is 1. The Morgan fingerprint density at radius 2 is 1.64 bits per heavy atom. The first-order valence-electron chi connectivity index (χ1n) is 12.9. The molecule has 2 aromatic heterocycles. The molecule has 0 atom stereocenters. The van der Waals surface area contributed by atoms with Gasteiger partial charge in [0.05, 0.1) is 33.6 Å². The van der Waals surface area contributed by atoms with Crippen molar-refractivity contribution in [3.05, 3.63) is 116 Å². The van der Waals surface area contributed by atoms with Gasteiger partial charge >= 0.3 is 0 Å². The highest BCUT2D eigenvalue weighted by Gasteiger charge is 2.38. The van der Waals surface area contributed by atoms with E-state index in [2.05, 4.69) is 15.9 Å². The highest BCUT2D eigenvalue weighted by Crippen LogP contribution is 2.38. The third-order valence-electron chi connectivity index (χ3n) is 7.02. The van der Waals surface area contributed by atoms with Crippen molar-refractivity contribution in [1.82, 2.24) is 19.1 Å². The number of methoxy groups -OCH3 is 1. The van der Waals surface area contributed by atoms with Gasteiger partial charge in [0.2, 0.25) is 0 Å². The second kappa shape index (κ2) is 11.2. The Bertz CT molecular complexity index is 1940. The number of carbonyl (C=O) groups is 1. The van der Waals surface area contributed by atoms with Crippen LogP contribution in [0.5, 0.6) is 5.75 Å². The molecule has 1 aliphatic rings. The number of benzene rings is 3. The number of hydrogen-bond acceptors (Lipinski definition) is 6. The van der Waals surface area contributed by atoms with E-state index in [0.29, 0.717) is 32.1 Å². The number of thiocarbonyl (C=S) groups is 1. The van der Waals surface area contributed by atoms with Gasteiger partial charge in [0, 0.05) is 24.4 Å². The average molecular weight is 659 g/mol. The molecular formula is C31H24BrN5O3S2. The Labute approximate surface area is 259 Å². The largest absolute Gasteiger partial charge is 0.496 e. The fraction of sp³-hybridized carbons (Fsp3) is 0.0968. The van der Waals surface area contributed by atoms with Crippen LogP contribution < -0.4 is 15.2 Å². The van der Waals surface area contributed by atoms with E-state index in [1.807, 2.05) is 92.0 Å². The van der Waals surface area contributed by atoms with Gasteiger partial charge in [-0.1, -0.05) is 60.4 Å². The zero-order valence-electron chi connectivity index (χ0n) is 22.8. The Balaban J connectivity index is 1.44. The molecule has 3 heterocycles. The summed E-state index contributed by atoms with van der Waals surface area (Å²) in [6.45, 7) is 1.81. The quantitative estimate of drug-likeness (QED) is 0.153. The van der Waals surface area contributed by atoms with Gasteiger partial charge < -0.3 is 4.74 Å². The van der Waals surface area contributed by atoms with Crippen LogP contribution in [0.25, 0.3) is 28.7 Å². The smallest absolute Gasteiger partial charge is 0.296 e. The molecular weight excluding hydrogens is 634 g/mol. The summed E-state index contributed by atoms with van der Waals surface area (Å²) in [7, 11) is 3.40. The summed E-state index contributed by atoms with van der Waals surface area (Å²) in [6, 6.07) is 24.8. The number of nitrogens with zero attached hydrogens (tertiary/aromatic N) is 5. The number of amides is 1. The fourth-order valence-electron chi connectivity index (χ4n) is 4.86. The van der Waals surface area contributed by atoms with Crippen LogP contribution in [0.2, 0.25) is 0 Å². The van der Waals surface area contributed by atoms with Gasteiger partial charge in [-0.2, -0.15) is 5.10 Å². The van der Waals surface area contributed by atoms with Crippen molar-refractivity contribution in [2.24, 2.45) is 7.05 Å². The lowest BCUT2D eigenvalue weighted by molar-refractivity contribution is -0.113. The van der Waals surface area contributed by atoms with Crippen LogP contribution in [0.15, 0.2) is 99.2 Å². The van der Waals surface area contributed by atoms with Crippen LogP contribution in [0.1, 0.15) is 11.3 Å². The maximum Gasteiger partial charge on any atom is 0.296 e. The molecule has 0 bridgehead atoms. The molecule has 0 saturated carbocycles. The molecule has 0 unspecified atom stereocenters. The van der Waals surface area contributed by atoms with Crippen LogP contribution in [0.3, 0.4) is 0 Å². The normalized spacial score (nSPS) is 14.3. The lowest BCUT2D eigenvalue weighted by Gasteiger charge is -2.12. The minimum Gasteiger partial charge on any atom is -0.496 e. The number of aromatic nitrogens is 4. The van der Waals surface area contributed by atoms with Gasteiger partial charge in [-0.25, -0.2) is 9.36 Å². The molecule has 1 amide bonds. The number of rotatable bonds is 6. The van der Waals surface area contributed by atoms with E-state index in [4.69, 9.17) is 22.1 Å². The molecule has 0 spiro atoms. The van der Waals surface area contributed by atoms with Crippen LogP contribution in [0.4, 0.5) is 5.69 Å². The van der Waals surface area contributed by atoms with Crippen LogP contribution in [-0.4, -0.2) is 36.5 Å². The van der Waals surface area contributed by atoms with Crippen LogP contribution in [0, 0.1) is 6.92 Å². The number of para-hydroxylation sites is 2. The molecule has 210 valence electrons. The third-order valence-corrected chi connectivity index (χ3v) is 8.94. The molecule has 5 aromatic rings. The van der Waals surface area contributed by atoms with E-state index in [1.54, 1.807) is 29.6 Å². The topological polar surface area (TPSA) is 74.3 Å². The lowest BCUT2D eigenvalue weighted by atomic mass is 10.1. The summed E-state index contributed by atoms with van der Waals surface area (Å²) in [5.74, 6) is 0.341. The summed E-state index contributed by atoms with van der Waals surface area (Å²) in [6.07, 6.45) is 3.67. The van der Waals surface area contributed by atoms with Crippen molar-refractivity contribution >= 4 is 61.9 Å². The van der Waals surface area contributed by atoms with Crippen molar-refractivity contribution in [1.29, 1.82) is 0 Å². The molecule has 1 fully saturated rings.